The molecule has 0 radical (unpaired) electrons. The Morgan fingerprint density at radius 1 is 0.960 bits per heavy atom. The first-order valence-corrected chi connectivity index (χ1v) is 7.88. The topological polar surface area (TPSA) is 54.0 Å². The van der Waals surface area contributed by atoms with Crippen molar-refractivity contribution in [1.82, 2.24) is 4.98 Å². The van der Waals surface area contributed by atoms with Crippen LogP contribution in [-0.2, 0) is 0 Å². The predicted molar refractivity (Wildman–Crippen MR) is 97.8 cm³/mol. The molecule has 126 valence electrons. The van der Waals surface area contributed by atoms with E-state index in [-0.39, 0.29) is 11.4 Å². The summed E-state index contributed by atoms with van der Waals surface area (Å²) in [7, 11) is 0. The zero-order chi connectivity index (χ0) is 17.8. The molecule has 2 aromatic carbocycles. The first-order chi connectivity index (χ1) is 12.0. The van der Waals surface area contributed by atoms with Crippen molar-refractivity contribution in [3.05, 3.63) is 83.4 Å². The van der Waals surface area contributed by atoms with E-state index in [1.807, 2.05) is 26.0 Å². The molecule has 0 bridgehead atoms. The number of anilines is 3. The maximum Gasteiger partial charge on any atom is 0.274 e. The summed E-state index contributed by atoms with van der Waals surface area (Å²) >= 11 is 0. The number of benzene rings is 2. The zero-order valence-electron chi connectivity index (χ0n) is 14.0. The minimum absolute atomic E-state index is 0.127. The van der Waals surface area contributed by atoms with E-state index in [1.54, 1.807) is 30.5 Å². The fourth-order valence-corrected chi connectivity index (χ4v) is 2.59. The SMILES string of the molecule is Cc1cc(C)cc(Nc2ccnc(C(=O)Nc3ccccc3F)c2)c1. The molecule has 3 rings (SSSR count). The molecule has 0 aliphatic heterocycles. The van der Waals surface area contributed by atoms with Crippen molar-refractivity contribution in [2.75, 3.05) is 10.6 Å². The highest BCUT2D eigenvalue weighted by Crippen LogP contribution is 2.20. The van der Waals surface area contributed by atoms with Gasteiger partial charge in [-0.05, 0) is 61.4 Å². The van der Waals surface area contributed by atoms with Gasteiger partial charge in [-0.25, -0.2) is 4.39 Å². The van der Waals surface area contributed by atoms with Gasteiger partial charge in [-0.15, -0.1) is 0 Å². The number of carbonyl (C=O) groups excluding carboxylic acids is 1. The van der Waals surface area contributed by atoms with Crippen molar-refractivity contribution in [3.63, 3.8) is 0 Å². The van der Waals surface area contributed by atoms with Gasteiger partial charge in [-0.2, -0.15) is 0 Å². The number of hydrogen-bond donors (Lipinski definition) is 2. The van der Waals surface area contributed by atoms with Crippen molar-refractivity contribution in [3.8, 4) is 0 Å². The van der Waals surface area contributed by atoms with Crippen molar-refractivity contribution in [1.29, 1.82) is 0 Å². The third-order valence-corrected chi connectivity index (χ3v) is 3.62. The molecule has 1 heterocycles. The molecule has 0 aliphatic carbocycles. The minimum Gasteiger partial charge on any atom is -0.355 e. The average molecular weight is 335 g/mol. The fourth-order valence-electron chi connectivity index (χ4n) is 2.59. The summed E-state index contributed by atoms with van der Waals surface area (Å²) in [6.45, 7) is 4.05. The molecular weight excluding hydrogens is 317 g/mol. The number of rotatable bonds is 4. The van der Waals surface area contributed by atoms with Gasteiger partial charge in [0.25, 0.3) is 5.91 Å². The molecule has 0 unspecified atom stereocenters. The van der Waals surface area contributed by atoms with E-state index in [0.717, 1.165) is 22.5 Å². The molecule has 3 aromatic rings. The van der Waals surface area contributed by atoms with Crippen LogP contribution in [0, 0.1) is 19.7 Å². The second-order valence-corrected chi connectivity index (χ2v) is 5.87. The summed E-state index contributed by atoms with van der Waals surface area (Å²) in [6, 6.07) is 15.6. The molecule has 0 atom stereocenters. The number of pyridine rings is 1. The molecule has 0 spiro atoms. The van der Waals surface area contributed by atoms with Crippen LogP contribution in [0.4, 0.5) is 21.5 Å². The maximum atomic E-state index is 13.7. The van der Waals surface area contributed by atoms with E-state index in [4.69, 9.17) is 0 Å². The van der Waals surface area contributed by atoms with Crippen molar-refractivity contribution in [2.45, 2.75) is 13.8 Å². The minimum atomic E-state index is -0.486. The molecule has 4 nitrogen and oxygen atoms in total. The van der Waals surface area contributed by atoms with E-state index >= 15 is 0 Å². The summed E-state index contributed by atoms with van der Waals surface area (Å²) in [6.07, 6.45) is 1.54. The van der Waals surface area contributed by atoms with Crippen LogP contribution in [0.25, 0.3) is 0 Å². The Morgan fingerprint density at radius 2 is 1.68 bits per heavy atom. The Morgan fingerprint density at radius 3 is 2.40 bits per heavy atom. The van der Waals surface area contributed by atoms with Crippen LogP contribution in [0.2, 0.25) is 0 Å². The van der Waals surface area contributed by atoms with Crippen LogP contribution in [-0.4, -0.2) is 10.9 Å². The highest BCUT2D eigenvalue weighted by molar-refractivity contribution is 6.03. The number of carbonyl (C=O) groups is 1. The van der Waals surface area contributed by atoms with Crippen LogP contribution >= 0.6 is 0 Å². The summed E-state index contributed by atoms with van der Waals surface area (Å²) in [4.78, 5) is 16.4. The zero-order valence-corrected chi connectivity index (χ0v) is 14.0. The number of aromatic nitrogens is 1. The summed E-state index contributed by atoms with van der Waals surface area (Å²) in [5, 5.41) is 5.79. The first-order valence-electron chi connectivity index (χ1n) is 7.88. The molecule has 25 heavy (non-hydrogen) atoms. The van der Waals surface area contributed by atoms with Gasteiger partial charge >= 0.3 is 0 Å². The average Bonchev–Trinajstić information content (AvgIpc) is 2.56. The molecule has 2 N–H and O–H groups in total. The molecular formula is C20H18FN3O. The van der Waals surface area contributed by atoms with Crippen LogP contribution < -0.4 is 10.6 Å². The number of aryl methyl sites for hydroxylation is 2. The lowest BCUT2D eigenvalue weighted by Gasteiger charge is -2.10. The fraction of sp³-hybridized carbons (Fsp3) is 0.100. The maximum absolute atomic E-state index is 13.7. The smallest absolute Gasteiger partial charge is 0.274 e. The first kappa shape index (κ1) is 16.6. The van der Waals surface area contributed by atoms with Gasteiger partial charge in [0.1, 0.15) is 11.5 Å². The van der Waals surface area contributed by atoms with Crippen LogP contribution in [0.1, 0.15) is 21.6 Å². The molecule has 5 heteroatoms. The van der Waals surface area contributed by atoms with Crippen molar-refractivity contribution < 1.29 is 9.18 Å². The predicted octanol–water partition coefficient (Wildman–Crippen LogP) is 4.83. The van der Waals surface area contributed by atoms with Gasteiger partial charge in [-0.1, -0.05) is 18.2 Å². The number of nitrogens with one attached hydrogen (secondary N) is 2. The Kier molecular flexibility index (Phi) is 4.75. The van der Waals surface area contributed by atoms with E-state index < -0.39 is 11.7 Å². The monoisotopic (exact) mass is 335 g/mol. The van der Waals surface area contributed by atoms with E-state index in [1.165, 1.54) is 12.1 Å². The molecule has 0 aliphatic rings. The van der Waals surface area contributed by atoms with E-state index in [0.29, 0.717) is 0 Å². The highest BCUT2D eigenvalue weighted by Gasteiger charge is 2.11. The van der Waals surface area contributed by atoms with Gasteiger partial charge in [0.05, 0.1) is 5.69 Å². The van der Waals surface area contributed by atoms with Crippen LogP contribution in [0.3, 0.4) is 0 Å². The number of para-hydroxylation sites is 1. The third-order valence-electron chi connectivity index (χ3n) is 3.62. The Balaban J connectivity index is 1.79. The van der Waals surface area contributed by atoms with E-state index in [9.17, 15) is 9.18 Å². The molecule has 0 saturated carbocycles. The second kappa shape index (κ2) is 7.13. The summed E-state index contributed by atoms with van der Waals surface area (Å²) in [5.74, 6) is -0.950. The van der Waals surface area contributed by atoms with E-state index in [2.05, 4.69) is 21.7 Å². The van der Waals surface area contributed by atoms with Crippen molar-refractivity contribution >= 4 is 23.0 Å². The lowest BCUT2D eigenvalue weighted by atomic mass is 10.1. The van der Waals surface area contributed by atoms with Gasteiger partial charge in [-0.3, -0.25) is 9.78 Å². The second-order valence-electron chi connectivity index (χ2n) is 5.87. The number of amides is 1. The standard InChI is InChI=1S/C20H18FN3O/c1-13-9-14(2)11-16(10-13)23-15-7-8-22-19(12-15)20(25)24-18-6-4-3-5-17(18)21/h3-12H,1-2H3,(H,22,23)(H,24,25). The highest BCUT2D eigenvalue weighted by atomic mass is 19.1. The van der Waals surface area contributed by atoms with Crippen molar-refractivity contribution in [2.24, 2.45) is 0 Å². The van der Waals surface area contributed by atoms with Crippen LogP contribution in [0.5, 0.6) is 0 Å². The lowest BCUT2D eigenvalue weighted by Crippen LogP contribution is -2.14. The van der Waals surface area contributed by atoms with Gasteiger partial charge < -0.3 is 10.6 Å². The number of hydrogen-bond acceptors (Lipinski definition) is 3. The summed E-state index contributed by atoms with van der Waals surface area (Å²) in [5.41, 5.74) is 4.30. The Hall–Kier alpha value is -3.21. The third kappa shape index (κ3) is 4.20. The lowest BCUT2D eigenvalue weighted by molar-refractivity contribution is 0.102. The van der Waals surface area contributed by atoms with Gasteiger partial charge in [0.15, 0.2) is 0 Å². The number of nitrogens with zero attached hydrogens (tertiary/aromatic N) is 1. The van der Waals surface area contributed by atoms with Gasteiger partial charge in [0, 0.05) is 17.6 Å². The Bertz CT molecular complexity index is 904. The normalized spacial score (nSPS) is 10.4. The quantitative estimate of drug-likeness (QED) is 0.718. The molecule has 0 saturated heterocycles. The Labute approximate surface area is 145 Å². The largest absolute Gasteiger partial charge is 0.355 e. The van der Waals surface area contributed by atoms with Crippen LogP contribution in [0.15, 0.2) is 60.8 Å². The summed E-state index contributed by atoms with van der Waals surface area (Å²) < 4.78 is 13.7. The molecule has 0 fully saturated rings. The molecule has 1 amide bonds. The molecule has 1 aromatic heterocycles. The number of halogens is 1. The van der Waals surface area contributed by atoms with Gasteiger partial charge in [0.2, 0.25) is 0 Å².